The van der Waals surface area contributed by atoms with Gasteiger partial charge in [-0.25, -0.2) is 0 Å². The third kappa shape index (κ3) is 4.72. The van der Waals surface area contributed by atoms with Gasteiger partial charge in [0.05, 0.1) is 0 Å². The van der Waals surface area contributed by atoms with E-state index >= 15 is 0 Å². The van der Waals surface area contributed by atoms with Crippen LogP contribution in [0.1, 0.15) is 67.7 Å². The third-order valence-corrected chi connectivity index (χ3v) is 5.59. The molecule has 0 aliphatic carbocycles. The van der Waals surface area contributed by atoms with Crippen LogP contribution in [-0.2, 0) is 12.0 Å². The highest BCUT2D eigenvalue weighted by Gasteiger charge is 2.35. The van der Waals surface area contributed by atoms with Gasteiger partial charge in [0.2, 0.25) is 0 Å². The molecule has 3 aromatic rings. The van der Waals surface area contributed by atoms with E-state index < -0.39 is 5.60 Å². The zero-order chi connectivity index (χ0) is 19.7. The second-order valence-corrected chi connectivity index (χ2v) is 7.62. The Kier molecular flexibility index (Phi) is 7.45. The van der Waals surface area contributed by atoms with Crippen LogP contribution in [0, 0.1) is 0 Å². The molecule has 0 aliphatic heterocycles. The largest absolute Gasteiger partial charge is 0.376 e. The van der Waals surface area contributed by atoms with Crippen molar-refractivity contribution in [2.45, 2.75) is 57.5 Å². The van der Waals surface area contributed by atoms with Crippen LogP contribution in [0.25, 0.3) is 0 Å². The van der Waals surface area contributed by atoms with Crippen LogP contribution in [0.2, 0.25) is 0 Å². The van der Waals surface area contributed by atoms with Crippen molar-refractivity contribution < 1.29 is 5.11 Å². The first-order valence-electron chi connectivity index (χ1n) is 10.7. The predicted molar refractivity (Wildman–Crippen MR) is 119 cm³/mol. The monoisotopic (exact) mass is 372 g/mol. The molecule has 3 aromatic carbocycles. The third-order valence-electron chi connectivity index (χ3n) is 5.59. The lowest BCUT2D eigenvalue weighted by Gasteiger charge is -2.32. The fourth-order valence-corrected chi connectivity index (χ4v) is 4.02. The second-order valence-electron chi connectivity index (χ2n) is 7.62. The molecular formula is C27H32O. The van der Waals surface area contributed by atoms with Crippen LogP contribution in [0.4, 0.5) is 0 Å². The topological polar surface area (TPSA) is 20.2 Å². The van der Waals surface area contributed by atoms with Crippen molar-refractivity contribution in [3.63, 3.8) is 0 Å². The first-order valence-corrected chi connectivity index (χ1v) is 10.7. The molecule has 0 heterocycles. The minimum absolute atomic E-state index is 0.914. The molecule has 28 heavy (non-hydrogen) atoms. The SMILES string of the molecule is CCCCCCCCc1ccccc1C(O)(c1ccccc1)c1ccccc1. The number of aliphatic hydroxyl groups is 1. The first-order chi connectivity index (χ1) is 13.8. The summed E-state index contributed by atoms with van der Waals surface area (Å²) in [6.07, 6.45) is 8.67. The number of aryl methyl sites for hydroxylation is 1. The summed E-state index contributed by atoms with van der Waals surface area (Å²) in [7, 11) is 0. The highest BCUT2D eigenvalue weighted by Crippen LogP contribution is 2.38. The van der Waals surface area contributed by atoms with E-state index in [0.717, 1.165) is 23.1 Å². The molecule has 0 aliphatic rings. The van der Waals surface area contributed by atoms with Gasteiger partial charge in [0.15, 0.2) is 0 Å². The van der Waals surface area contributed by atoms with Crippen molar-refractivity contribution in [3.05, 3.63) is 107 Å². The van der Waals surface area contributed by atoms with Gasteiger partial charge in [0, 0.05) is 0 Å². The number of hydrogen-bond acceptors (Lipinski definition) is 1. The summed E-state index contributed by atoms with van der Waals surface area (Å²) < 4.78 is 0. The van der Waals surface area contributed by atoms with Gasteiger partial charge in [-0.2, -0.15) is 0 Å². The van der Waals surface area contributed by atoms with E-state index in [9.17, 15) is 5.11 Å². The molecule has 0 saturated heterocycles. The van der Waals surface area contributed by atoms with E-state index in [-0.39, 0.29) is 0 Å². The Morgan fingerprint density at radius 1 is 0.607 bits per heavy atom. The van der Waals surface area contributed by atoms with Crippen molar-refractivity contribution >= 4 is 0 Å². The molecule has 146 valence electrons. The Morgan fingerprint density at radius 3 is 1.71 bits per heavy atom. The quantitative estimate of drug-likeness (QED) is 0.304. The zero-order valence-electron chi connectivity index (χ0n) is 17.0. The van der Waals surface area contributed by atoms with Crippen LogP contribution in [0.5, 0.6) is 0 Å². The van der Waals surface area contributed by atoms with Crippen LogP contribution in [-0.4, -0.2) is 5.11 Å². The van der Waals surface area contributed by atoms with Gasteiger partial charge in [0.25, 0.3) is 0 Å². The highest BCUT2D eigenvalue weighted by molar-refractivity contribution is 5.49. The molecule has 0 saturated carbocycles. The van der Waals surface area contributed by atoms with Gasteiger partial charge < -0.3 is 5.11 Å². The summed E-state index contributed by atoms with van der Waals surface area (Å²) in [5.74, 6) is 0. The zero-order valence-corrected chi connectivity index (χ0v) is 17.0. The van der Waals surface area contributed by atoms with Crippen molar-refractivity contribution in [2.75, 3.05) is 0 Å². The molecule has 0 bridgehead atoms. The van der Waals surface area contributed by atoms with Gasteiger partial charge in [-0.3, -0.25) is 0 Å². The van der Waals surface area contributed by atoms with Gasteiger partial charge in [0.1, 0.15) is 5.60 Å². The van der Waals surface area contributed by atoms with E-state index in [1.54, 1.807) is 0 Å². The molecule has 1 nitrogen and oxygen atoms in total. The van der Waals surface area contributed by atoms with Crippen LogP contribution in [0.3, 0.4) is 0 Å². The van der Waals surface area contributed by atoms with Crippen LogP contribution in [0.15, 0.2) is 84.9 Å². The van der Waals surface area contributed by atoms with Gasteiger partial charge in [-0.1, -0.05) is 124 Å². The van der Waals surface area contributed by atoms with Crippen molar-refractivity contribution in [2.24, 2.45) is 0 Å². The summed E-state index contributed by atoms with van der Waals surface area (Å²) in [6.45, 7) is 2.25. The maximum Gasteiger partial charge on any atom is 0.140 e. The van der Waals surface area contributed by atoms with Crippen molar-refractivity contribution in [1.82, 2.24) is 0 Å². The molecule has 0 atom stereocenters. The molecule has 0 amide bonds. The summed E-state index contributed by atoms with van der Waals surface area (Å²) in [6, 6.07) is 28.5. The van der Waals surface area contributed by atoms with Crippen molar-refractivity contribution in [3.8, 4) is 0 Å². The average molecular weight is 373 g/mol. The number of rotatable bonds is 10. The van der Waals surface area contributed by atoms with Gasteiger partial charge in [-0.05, 0) is 35.1 Å². The van der Waals surface area contributed by atoms with Gasteiger partial charge in [-0.15, -0.1) is 0 Å². The number of benzene rings is 3. The Hall–Kier alpha value is -2.38. The van der Waals surface area contributed by atoms with Crippen molar-refractivity contribution in [1.29, 1.82) is 0 Å². The lowest BCUT2D eigenvalue weighted by Crippen LogP contribution is -2.30. The summed E-state index contributed by atoms with van der Waals surface area (Å²) in [5.41, 5.74) is 2.93. The minimum Gasteiger partial charge on any atom is -0.376 e. The molecule has 0 fully saturated rings. The Bertz CT molecular complexity index is 784. The molecule has 3 rings (SSSR count). The minimum atomic E-state index is -1.14. The fourth-order valence-electron chi connectivity index (χ4n) is 4.02. The fraction of sp³-hybridized carbons (Fsp3) is 0.333. The molecule has 0 unspecified atom stereocenters. The lowest BCUT2D eigenvalue weighted by molar-refractivity contribution is 0.124. The van der Waals surface area contributed by atoms with E-state index in [0.29, 0.717) is 0 Å². The van der Waals surface area contributed by atoms with E-state index in [1.807, 2.05) is 66.7 Å². The van der Waals surface area contributed by atoms with E-state index in [1.165, 1.54) is 44.1 Å². The van der Waals surface area contributed by atoms with Gasteiger partial charge >= 0.3 is 0 Å². The Balaban J connectivity index is 1.92. The normalized spacial score (nSPS) is 11.5. The molecule has 0 spiro atoms. The summed E-state index contributed by atoms with van der Waals surface area (Å²) in [5, 5.41) is 12.1. The van der Waals surface area contributed by atoms with Crippen LogP contribution >= 0.6 is 0 Å². The average Bonchev–Trinajstić information content (AvgIpc) is 2.77. The predicted octanol–water partition coefficient (Wildman–Crippen LogP) is 6.87. The van der Waals surface area contributed by atoms with E-state index in [2.05, 4.69) is 25.1 Å². The molecular weight excluding hydrogens is 340 g/mol. The molecule has 0 aromatic heterocycles. The number of unbranched alkanes of at least 4 members (excludes halogenated alkanes) is 5. The molecule has 0 radical (unpaired) electrons. The Labute approximate surface area is 170 Å². The molecule has 1 N–H and O–H groups in total. The standard InChI is InChI=1S/C27H32O/c1-2-3-4-5-6-9-16-23-17-14-15-22-26(23)27(28,24-18-10-7-11-19-24)25-20-12-8-13-21-25/h7-8,10-15,17-22,28H,2-6,9,16H2,1H3. The van der Waals surface area contributed by atoms with E-state index in [4.69, 9.17) is 0 Å². The summed E-state index contributed by atoms with van der Waals surface area (Å²) in [4.78, 5) is 0. The van der Waals surface area contributed by atoms with Crippen LogP contribution < -0.4 is 0 Å². The molecule has 1 heteroatoms. The first kappa shape index (κ1) is 20.4. The smallest absolute Gasteiger partial charge is 0.140 e. The highest BCUT2D eigenvalue weighted by atomic mass is 16.3. The number of hydrogen-bond donors (Lipinski definition) is 1. The second kappa shape index (κ2) is 10.2. The Morgan fingerprint density at radius 2 is 1.11 bits per heavy atom. The maximum atomic E-state index is 12.1. The maximum absolute atomic E-state index is 12.1. The lowest BCUT2D eigenvalue weighted by atomic mass is 9.77. The summed E-state index contributed by atoms with van der Waals surface area (Å²) >= 11 is 0.